The van der Waals surface area contributed by atoms with Crippen molar-refractivity contribution in [3.05, 3.63) is 75.8 Å². The number of nitrogens with one attached hydrogen (secondary N) is 1. The number of benzene rings is 2. The fourth-order valence-electron chi connectivity index (χ4n) is 4.07. The molecule has 0 heterocycles. The van der Waals surface area contributed by atoms with Gasteiger partial charge >= 0.3 is 7.60 Å². The van der Waals surface area contributed by atoms with E-state index in [-0.39, 0.29) is 29.2 Å². The summed E-state index contributed by atoms with van der Waals surface area (Å²) >= 11 is 13.1. The molecule has 2 aromatic rings. The molecule has 1 aliphatic rings. The summed E-state index contributed by atoms with van der Waals surface area (Å²) < 4.78 is 56.8. The van der Waals surface area contributed by atoms with Crippen molar-refractivity contribution in [2.45, 2.75) is 62.5 Å². The summed E-state index contributed by atoms with van der Waals surface area (Å²) in [5, 5.41) is -3.18. The van der Waals surface area contributed by atoms with E-state index in [2.05, 4.69) is 4.72 Å². The minimum Gasteiger partial charge on any atom is -0.307 e. The van der Waals surface area contributed by atoms with Gasteiger partial charge in [0.15, 0.2) is 5.28 Å². The van der Waals surface area contributed by atoms with Crippen molar-refractivity contribution in [1.82, 2.24) is 4.72 Å². The highest BCUT2D eigenvalue weighted by Crippen LogP contribution is 2.70. The first-order valence-electron chi connectivity index (χ1n) is 12.3. The highest BCUT2D eigenvalue weighted by atomic mass is 35.5. The van der Waals surface area contributed by atoms with Crippen molar-refractivity contribution >= 4 is 46.6 Å². The number of carbonyl (C=O) groups is 1. The number of ketones is 1. The van der Waals surface area contributed by atoms with Gasteiger partial charge in [-0.05, 0) is 25.0 Å². The standard InChI is InChI=1S/C26H32Cl2NO6PS/c1-3-5-12-18-34-36(31,35-19-13-6-4-2)26(29-37(32,33)20-14-8-7-9-15-20)22-17-11-10-16-21(22)24(30)23(27)25(26)28/h7-11,14-17,29H,3-6,12-13,18-19H2,1-2H3. The number of fused-ring (bicyclic) bond motifs is 1. The Morgan fingerprint density at radius 1 is 0.865 bits per heavy atom. The maximum atomic E-state index is 14.9. The van der Waals surface area contributed by atoms with Crippen LogP contribution < -0.4 is 4.72 Å². The zero-order valence-corrected chi connectivity index (χ0v) is 24.1. The number of hydrogen-bond acceptors (Lipinski definition) is 6. The Hall–Kier alpha value is -1.51. The number of carbonyl (C=O) groups excluding carboxylic acids is 1. The van der Waals surface area contributed by atoms with Crippen molar-refractivity contribution in [2.24, 2.45) is 0 Å². The van der Waals surface area contributed by atoms with Crippen molar-refractivity contribution in [3.8, 4) is 0 Å². The molecule has 0 aliphatic heterocycles. The van der Waals surface area contributed by atoms with Crippen LogP contribution in [0.25, 0.3) is 0 Å². The quantitative estimate of drug-likeness (QED) is 0.184. The fourth-order valence-corrected chi connectivity index (χ4v) is 9.07. The molecule has 37 heavy (non-hydrogen) atoms. The normalized spacial score (nSPS) is 18.2. The molecule has 0 saturated heterocycles. The zero-order chi connectivity index (χ0) is 27.1. The maximum absolute atomic E-state index is 14.9. The van der Waals surface area contributed by atoms with Crippen LogP contribution in [0.1, 0.15) is 68.3 Å². The summed E-state index contributed by atoms with van der Waals surface area (Å²) in [5.41, 5.74) is 0.116. The van der Waals surface area contributed by atoms with Gasteiger partial charge in [0.25, 0.3) is 0 Å². The van der Waals surface area contributed by atoms with E-state index in [4.69, 9.17) is 32.2 Å². The largest absolute Gasteiger partial charge is 0.361 e. The van der Waals surface area contributed by atoms with Crippen LogP contribution in [0.5, 0.6) is 0 Å². The van der Waals surface area contributed by atoms with Gasteiger partial charge in [0.2, 0.25) is 15.8 Å². The zero-order valence-electron chi connectivity index (χ0n) is 20.9. The number of rotatable bonds is 14. The lowest BCUT2D eigenvalue weighted by atomic mass is 9.91. The number of halogens is 2. The topological polar surface area (TPSA) is 98.8 Å². The molecule has 1 atom stereocenters. The molecule has 1 aliphatic carbocycles. The molecular weight excluding hydrogens is 556 g/mol. The molecular formula is C26H32Cl2NO6PS. The maximum Gasteiger partial charge on any atom is 0.361 e. The molecule has 3 rings (SSSR count). The SMILES string of the molecule is CCCCCOP(=O)(OCCCCC)C1(NS(=O)(=O)c2ccccc2)C(Cl)=C(Cl)C(=O)c2ccccc21. The predicted octanol–water partition coefficient (Wildman–Crippen LogP) is 7.31. The van der Waals surface area contributed by atoms with Crippen molar-refractivity contribution < 1.29 is 26.8 Å². The number of hydrogen-bond donors (Lipinski definition) is 1. The van der Waals surface area contributed by atoms with Gasteiger partial charge < -0.3 is 9.05 Å². The van der Waals surface area contributed by atoms with E-state index in [0.29, 0.717) is 12.8 Å². The summed E-state index contributed by atoms with van der Waals surface area (Å²) in [7, 11) is -8.85. The lowest BCUT2D eigenvalue weighted by Gasteiger charge is -2.42. The highest BCUT2D eigenvalue weighted by molar-refractivity contribution is 7.90. The number of Topliss-reactive ketones (excluding diaryl/α,β-unsaturated/α-hetero) is 1. The fraction of sp³-hybridized carbons (Fsp3) is 0.423. The second-order valence-electron chi connectivity index (χ2n) is 8.71. The van der Waals surface area contributed by atoms with Crippen molar-refractivity contribution in [2.75, 3.05) is 13.2 Å². The summed E-state index contributed by atoms with van der Waals surface area (Å²) in [6.07, 6.45) is 4.52. The lowest BCUT2D eigenvalue weighted by molar-refractivity contribution is 0.103. The Labute approximate surface area is 229 Å². The van der Waals surface area contributed by atoms with Gasteiger partial charge in [-0.25, -0.2) is 8.42 Å². The van der Waals surface area contributed by atoms with Crippen LogP contribution in [0.2, 0.25) is 0 Å². The average molecular weight is 588 g/mol. The van der Waals surface area contributed by atoms with E-state index in [1.165, 1.54) is 24.3 Å². The molecule has 0 radical (unpaired) electrons. The van der Waals surface area contributed by atoms with Crippen LogP contribution in [0, 0.1) is 0 Å². The lowest BCUT2D eigenvalue weighted by Crippen LogP contribution is -2.49. The molecule has 2 aromatic carbocycles. The van der Waals surface area contributed by atoms with E-state index >= 15 is 0 Å². The van der Waals surface area contributed by atoms with Crippen LogP contribution >= 0.6 is 30.8 Å². The highest BCUT2D eigenvalue weighted by Gasteiger charge is 2.61. The molecule has 0 amide bonds. The molecule has 1 unspecified atom stereocenters. The van der Waals surface area contributed by atoms with Crippen LogP contribution in [0.3, 0.4) is 0 Å². The van der Waals surface area contributed by atoms with E-state index < -0.39 is 38.7 Å². The Kier molecular flexibility index (Phi) is 10.6. The minimum absolute atomic E-state index is 0.0333. The van der Waals surface area contributed by atoms with Gasteiger partial charge in [-0.3, -0.25) is 9.36 Å². The van der Waals surface area contributed by atoms with Crippen molar-refractivity contribution in [1.29, 1.82) is 0 Å². The molecule has 0 saturated carbocycles. The Morgan fingerprint density at radius 2 is 1.41 bits per heavy atom. The Morgan fingerprint density at radius 3 is 1.97 bits per heavy atom. The average Bonchev–Trinajstić information content (AvgIpc) is 2.91. The number of allylic oxidation sites excluding steroid dienone is 1. The summed E-state index contributed by atoms with van der Waals surface area (Å²) in [6.45, 7) is 4.09. The van der Waals surface area contributed by atoms with Crippen LogP contribution in [-0.4, -0.2) is 27.4 Å². The van der Waals surface area contributed by atoms with Crippen LogP contribution in [0.15, 0.2) is 69.6 Å². The molecule has 1 N–H and O–H groups in total. The molecule has 0 bridgehead atoms. The van der Waals surface area contributed by atoms with Crippen molar-refractivity contribution in [3.63, 3.8) is 0 Å². The van der Waals surface area contributed by atoms with Gasteiger partial charge in [0.1, 0.15) is 5.03 Å². The van der Waals surface area contributed by atoms with Gasteiger partial charge in [0.05, 0.1) is 23.1 Å². The van der Waals surface area contributed by atoms with Gasteiger partial charge in [-0.2, -0.15) is 4.72 Å². The monoisotopic (exact) mass is 587 g/mol. The summed E-state index contributed by atoms with van der Waals surface area (Å²) in [4.78, 5) is 13.0. The predicted molar refractivity (Wildman–Crippen MR) is 147 cm³/mol. The first-order valence-corrected chi connectivity index (χ1v) is 16.1. The summed E-state index contributed by atoms with van der Waals surface area (Å²) in [6, 6.07) is 13.8. The summed E-state index contributed by atoms with van der Waals surface area (Å²) in [5.74, 6) is -0.611. The molecule has 7 nitrogen and oxygen atoms in total. The van der Waals surface area contributed by atoms with Crippen LogP contribution in [-0.2, 0) is 28.9 Å². The smallest absolute Gasteiger partial charge is 0.307 e. The Bertz CT molecular complexity index is 1270. The molecule has 0 spiro atoms. The van der Waals surface area contributed by atoms with Gasteiger partial charge in [-0.15, -0.1) is 0 Å². The second kappa shape index (κ2) is 13.0. The second-order valence-corrected chi connectivity index (χ2v) is 13.3. The third-order valence-electron chi connectivity index (χ3n) is 6.04. The first-order chi connectivity index (χ1) is 17.6. The van der Waals surface area contributed by atoms with Gasteiger partial charge in [0, 0.05) is 11.1 Å². The minimum atomic E-state index is -4.49. The molecule has 0 fully saturated rings. The molecule has 11 heteroatoms. The third-order valence-corrected chi connectivity index (χ3v) is 11.2. The van der Waals surface area contributed by atoms with E-state index in [1.54, 1.807) is 30.3 Å². The Balaban J connectivity index is 2.28. The number of sulfonamides is 1. The van der Waals surface area contributed by atoms with E-state index in [9.17, 15) is 17.8 Å². The van der Waals surface area contributed by atoms with E-state index in [0.717, 1.165) is 25.7 Å². The van der Waals surface area contributed by atoms with Gasteiger partial charge in [-0.1, -0.05) is 105 Å². The number of unbranched alkanes of at least 4 members (excludes halogenated alkanes) is 4. The molecule has 0 aromatic heterocycles. The third kappa shape index (κ3) is 6.22. The van der Waals surface area contributed by atoms with Crippen LogP contribution in [0.4, 0.5) is 0 Å². The van der Waals surface area contributed by atoms with E-state index in [1.807, 2.05) is 13.8 Å². The first kappa shape index (κ1) is 30.0. The molecule has 202 valence electrons.